The summed E-state index contributed by atoms with van der Waals surface area (Å²) in [6.07, 6.45) is 0. The number of hydrogen-bond acceptors (Lipinski definition) is 7. The zero-order chi connectivity index (χ0) is 28.0. The van der Waals surface area contributed by atoms with E-state index in [0.29, 0.717) is 32.6 Å². The van der Waals surface area contributed by atoms with Crippen LogP contribution in [0.5, 0.6) is 5.75 Å². The van der Waals surface area contributed by atoms with Gasteiger partial charge in [0.1, 0.15) is 11.0 Å². The summed E-state index contributed by atoms with van der Waals surface area (Å²) in [5.74, 6) is -1.90. The van der Waals surface area contributed by atoms with Gasteiger partial charge in [0.2, 0.25) is 11.8 Å². The Labute approximate surface area is 238 Å². The minimum absolute atomic E-state index is 0.250. The SMILES string of the molecule is Cc1ccc(N2C(=O)C3Sc4[nH]c(=O)sc4[C@H](c4ccccc4OCC(=O)Nc4ccccc4C)C3C2=O)cc1. The van der Waals surface area contributed by atoms with Crippen molar-refractivity contribution in [2.45, 2.75) is 30.0 Å². The lowest BCUT2D eigenvalue weighted by molar-refractivity contribution is -0.122. The second-order valence-electron chi connectivity index (χ2n) is 9.79. The van der Waals surface area contributed by atoms with Gasteiger partial charge in [0, 0.05) is 22.0 Å². The van der Waals surface area contributed by atoms with Crippen LogP contribution >= 0.6 is 23.1 Å². The molecule has 10 heteroatoms. The highest BCUT2D eigenvalue weighted by atomic mass is 32.2. The first kappa shape index (κ1) is 26.1. The van der Waals surface area contributed by atoms with Gasteiger partial charge in [-0.2, -0.15) is 0 Å². The standard InChI is InChI=1S/C30H25N3O5S2/c1-16-11-13-18(14-12-16)33-28(35)24-23(25-27(32-30(37)40-25)39-26(24)29(33)36)19-8-4-6-10-21(19)38-15-22(34)31-20-9-5-3-7-17(20)2/h3-14,23-24,26H,15H2,1-2H3,(H,31,34)(H,32,37)/t23-,24?,26?/m1/s1. The second kappa shape index (κ2) is 10.4. The van der Waals surface area contributed by atoms with Gasteiger partial charge in [-0.25, -0.2) is 4.90 Å². The van der Waals surface area contributed by atoms with E-state index in [1.165, 1.54) is 16.7 Å². The highest BCUT2D eigenvalue weighted by Crippen LogP contribution is 2.54. The highest BCUT2D eigenvalue weighted by molar-refractivity contribution is 8.00. The molecule has 1 aromatic heterocycles. The summed E-state index contributed by atoms with van der Waals surface area (Å²) in [4.78, 5) is 57.3. The molecule has 2 aliphatic rings. The van der Waals surface area contributed by atoms with Gasteiger partial charge in [-0.05, 0) is 43.7 Å². The fourth-order valence-electron chi connectivity index (χ4n) is 5.21. The molecule has 202 valence electrons. The van der Waals surface area contributed by atoms with E-state index in [1.54, 1.807) is 24.3 Å². The maximum Gasteiger partial charge on any atom is 0.305 e. The van der Waals surface area contributed by atoms with E-state index in [0.717, 1.165) is 22.5 Å². The van der Waals surface area contributed by atoms with E-state index in [2.05, 4.69) is 10.3 Å². The minimum Gasteiger partial charge on any atom is -0.483 e. The van der Waals surface area contributed by atoms with Gasteiger partial charge in [0.25, 0.3) is 5.91 Å². The number of anilines is 2. The van der Waals surface area contributed by atoms with Gasteiger partial charge < -0.3 is 15.0 Å². The van der Waals surface area contributed by atoms with Crippen molar-refractivity contribution in [1.82, 2.24) is 4.98 Å². The fraction of sp³-hybridized carbons (Fsp3) is 0.200. The van der Waals surface area contributed by atoms with Crippen LogP contribution in [0, 0.1) is 19.8 Å². The Bertz CT molecular complexity index is 1690. The number of aryl methyl sites for hydroxylation is 2. The number of carbonyl (C=O) groups excluding carboxylic acids is 3. The number of carbonyl (C=O) groups is 3. The molecule has 3 aromatic carbocycles. The van der Waals surface area contributed by atoms with Gasteiger partial charge in [-0.1, -0.05) is 77.2 Å². The average Bonchev–Trinajstić information content (AvgIpc) is 3.44. The molecule has 8 nitrogen and oxygen atoms in total. The van der Waals surface area contributed by atoms with Crippen LogP contribution in [0.25, 0.3) is 0 Å². The molecule has 0 saturated carbocycles. The summed E-state index contributed by atoms with van der Waals surface area (Å²) >= 11 is 2.26. The van der Waals surface area contributed by atoms with E-state index >= 15 is 0 Å². The van der Waals surface area contributed by atoms with E-state index in [9.17, 15) is 19.2 Å². The molecule has 0 aliphatic carbocycles. The second-order valence-corrected chi connectivity index (χ2v) is 12.0. The van der Waals surface area contributed by atoms with Crippen LogP contribution in [0.1, 0.15) is 27.5 Å². The number of hydrogen-bond donors (Lipinski definition) is 2. The van der Waals surface area contributed by atoms with E-state index in [-0.39, 0.29) is 29.2 Å². The van der Waals surface area contributed by atoms with Crippen LogP contribution in [-0.2, 0) is 14.4 Å². The van der Waals surface area contributed by atoms with Crippen LogP contribution in [0.2, 0.25) is 0 Å². The number of fused-ring (bicyclic) bond motifs is 2. The number of ether oxygens (including phenoxy) is 1. The van der Waals surface area contributed by atoms with Crippen LogP contribution in [-0.4, -0.2) is 34.6 Å². The van der Waals surface area contributed by atoms with Crippen molar-refractivity contribution < 1.29 is 19.1 Å². The minimum atomic E-state index is -0.747. The smallest absolute Gasteiger partial charge is 0.305 e. The van der Waals surface area contributed by atoms with Gasteiger partial charge >= 0.3 is 4.87 Å². The van der Waals surface area contributed by atoms with Crippen LogP contribution < -0.4 is 19.8 Å². The quantitative estimate of drug-likeness (QED) is 0.320. The third kappa shape index (κ3) is 4.63. The van der Waals surface area contributed by atoms with Gasteiger partial charge in [-0.15, -0.1) is 0 Å². The molecule has 0 radical (unpaired) electrons. The normalized spacial score (nSPS) is 19.8. The first-order valence-corrected chi connectivity index (χ1v) is 14.4. The van der Waals surface area contributed by atoms with Crippen LogP contribution in [0.15, 0.2) is 82.6 Å². The molecule has 4 aromatic rings. The molecule has 3 amide bonds. The summed E-state index contributed by atoms with van der Waals surface area (Å²) in [5.41, 5.74) is 3.81. The Balaban J connectivity index is 1.34. The molecular weight excluding hydrogens is 546 g/mol. The lowest BCUT2D eigenvalue weighted by Gasteiger charge is -2.30. The Hall–Kier alpha value is -4.15. The van der Waals surface area contributed by atoms with Crippen molar-refractivity contribution in [3.8, 4) is 5.75 Å². The first-order valence-electron chi connectivity index (χ1n) is 12.7. The average molecular weight is 572 g/mol. The van der Waals surface area contributed by atoms with Crippen molar-refractivity contribution in [2.24, 2.45) is 5.92 Å². The monoisotopic (exact) mass is 571 g/mol. The Kier molecular flexibility index (Phi) is 6.81. The van der Waals surface area contributed by atoms with E-state index < -0.39 is 17.1 Å². The molecule has 0 bridgehead atoms. The molecule has 2 N–H and O–H groups in total. The maximum absolute atomic E-state index is 14.0. The van der Waals surface area contributed by atoms with Crippen molar-refractivity contribution in [2.75, 3.05) is 16.8 Å². The van der Waals surface area contributed by atoms with Crippen molar-refractivity contribution in [1.29, 1.82) is 0 Å². The van der Waals surface area contributed by atoms with Gasteiger partial charge in [0.05, 0.1) is 16.6 Å². The lowest BCUT2D eigenvalue weighted by atomic mass is 9.82. The van der Waals surface area contributed by atoms with Crippen molar-refractivity contribution in [3.05, 3.63) is 104 Å². The molecule has 2 unspecified atom stereocenters. The van der Waals surface area contributed by atoms with E-state index in [4.69, 9.17) is 4.74 Å². The Morgan fingerprint density at radius 3 is 2.45 bits per heavy atom. The summed E-state index contributed by atoms with van der Waals surface area (Å²) in [6, 6.07) is 21.9. The van der Waals surface area contributed by atoms with Crippen molar-refractivity contribution in [3.63, 3.8) is 0 Å². The number of amides is 3. The topological polar surface area (TPSA) is 109 Å². The molecule has 0 spiro atoms. The number of thioether (sulfide) groups is 1. The Morgan fingerprint density at radius 2 is 1.68 bits per heavy atom. The third-order valence-electron chi connectivity index (χ3n) is 7.15. The molecule has 1 saturated heterocycles. The number of para-hydroxylation sites is 2. The maximum atomic E-state index is 14.0. The summed E-state index contributed by atoms with van der Waals surface area (Å²) < 4.78 is 6.01. The number of rotatable bonds is 6. The summed E-state index contributed by atoms with van der Waals surface area (Å²) in [7, 11) is 0. The number of nitrogens with one attached hydrogen (secondary N) is 2. The van der Waals surface area contributed by atoms with Crippen molar-refractivity contribution >= 4 is 52.2 Å². The van der Waals surface area contributed by atoms with Crippen LogP contribution in [0.3, 0.4) is 0 Å². The molecule has 2 aliphatic heterocycles. The predicted octanol–water partition coefficient (Wildman–Crippen LogP) is 4.87. The number of aromatic nitrogens is 1. The third-order valence-corrected chi connectivity index (χ3v) is 9.55. The number of H-pyrrole nitrogens is 1. The molecule has 3 heterocycles. The number of nitrogens with zero attached hydrogens (tertiary/aromatic N) is 1. The number of benzene rings is 3. The molecular formula is C30H25N3O5S2. The largest absolute Gasteiger partial charge is 0.483 e. The fourth-order valence-corrected chi connectivity index (χ4v) is 7.72. The summed E-state index contributed by atoms with van der Waals surface area (Å²) in [5, 5.41) is 2.73. The Morgan fingerprint density at radius 1 is 0.950 bits per heavy atom. The molecule has 6 rings (SSSR count). The van der Waals surface area contributed by atoms with Gasteiger partial charge in [-0.3, -0.25) is 19.2 Å². The first-order chi connectivity index (χ1) is 19.3. The molecule has 40 heavy (non-hydrogen) atoms. The molecule has 3 atom stereocenters. The predicted molar refractivity (Wildman–Crippen MR) is 155 cm³/mol. The number of aromatic amines is 1. The lowest BCUT2D eigenvalue weighted by Crippen LogP contribution is -2.32. The number of imide groups is 1. The molecule has 1 fully saturated rings. The zero-order valence-electron chi connectivity index (χ0n) is 21.7. The zero-order valence-corrected chi connectivity index (χ0v) is 23.3. The van der Waals surface area contributed by atoms with E-state index in [1.807, 2.05) is 62.4 Å². The highest BCUT2D eigenvalue weighted by Gasteiger charge is 2.56. The van der Waals surface area contributed by atoms with Crippen LogP contribution in [0.4, 0.5) is 11.4 Å². The summed E-state index contributed by atoms with van der Waals surface area (Å²) in [6.45, 7) is 3.60. The number of thiazole rings is 1. The van der Waals surface area contributed by atoms with Gasteiger partial charge in [0.15, 0.2) is 6.61 Å².